The first-order valence-corrected chi connectivity index (χ1v) is 9.80. The quantitative estimate of drug-likeness (QED) is 0.292. The van der Waals surface area contributed by atoms with Crippen LogP contribution < -0.4 is 10.7 Å². The molecule has 0 heterocycles. The van der Waals surface area contributed by atoms with Gasteiger partial charge in [0.2, 0.25) is 0 Å². The summed E-state index contributed by atoms with van der Waals surface area (Å²) in [6, 6.07) is 14.8. The maximum atomic E-state index is 13.0. The standard InChI is InChI=1S/C22H26ClN3O3/c1-5-22(6-2,21(28)29-4)20(27)26-25-19(15-10-8-7-9-11-15)17-14-16(23)12-13-18(17)24-3/h7-14,24H,5-6H2,1-4H3,(H,26,27)/b25-19+. The number of carbonyl (C=O) groups excluding carboxylic acids is 2. The smallest absolute Gasteiger partial charge is 0.321 e. The van der Waals surface area contributed by atoms with Crippen molar-refractivity contribution in [2.45, 2.75) is 26.7 Å². The number of hydrazone groups is 1. The molecule has 0 aliphatic heterocycles. The normalized spacial score (nSPS) is 11.7. The molecule has 0 unspecified atom stereocenters. The second-order valence-corrected chi connectivity index (χ2v) is 6.92. The fourth-order valence-electron chi connectivity index (χ4n) is 3.17. The summed E-state index contributed by atoms with van der Waals surface area (Å²) < 4.78 is 4.87. The first-order chi connectivity index (χ1) is 13.9. The summed E-state index contributed by atoms with van der Waals surface area (Å²) in [4.78, 5) is 25.3. The summed E-state index contributed by atoms with van der Waals surface area (Å²) in [6.07, 6.45) is 0.605. The highest BCUT2D eigenvalue weighted by molar-refractivity contribution is 6.31. The zero-order valence-corrected chi connectivity index (χ0v) is 17.8. The molecule has 154 valence electrons. The van der Waals surface area contributed by atoms with Crippen molar-refractivity contribution in [3.8, 4) is 0 Å². The molecule has 2 N–H and O–H groups in total. The largest absolute Gasteiger partial charge is 0.468 e. The molecule has 6 nitrogen and oxygen atoms in total. The lowest BCUT2D eigenvalue weighted by molar-refractivity contribution is -0.159. The van der Waals surface area contributed by atoms with Gasteiger partial charge in [-0.05, 0) is 31.0 Å². The minimum Gasteiger partial charge on any atom is -0.468 e. The van der Waals surface area contributed by atoms with Crippen LogP contribution in [0.25, 0.3) is 0 Å². The van der Waals surface area contributed by atoms with E-state index in [2.05, 4.69) is 15.8 Å². The minimum absolute atomic E-state index is 0.303. The number of carbonyl (C=O) groups is 2. The average molecular weight is 416 g/mol. The number of nitrogens with zero attached hydrogens (tertiary/aromatic N) is 1. The molecular weight excluding hydrogens is 390 g/mol. The Morgan fingerprint density at radius 1 is 1.10 bits per heavy atom. The maximum Gasteiger partial charge on any atom is 0.321 e. The van der Waals surface area contributed by atoms with Crippen molar-refractivity contribution in [2.75, 3.05) is 19.5 Å². The third-order valence-corrected chi connectivity index (χ3v) is 5.28. The van der Waals surface area contributed by atoms with Crippen LogP contribution in [-0.2, 0) is 14.3 Å². The van der Waals surface area contributed by atoms with Gasteiger partial charge in [-0.3, -0.25) is 9.59 Å². The Kier molecular flexibility index (Phi) is 7.79. The Balaban J connectivity index is 2.54. The molecule has 2 aromatic rings. The van der Waals surface area contributed by atoms with Crippen LogP contribution in [0.3, 0.4) is 0 Å². The summed E-state index contributed by atoms with van der Waals surface area (Å²) in [7, 11) is 3.07. The number of benzene rings is 2. The number of nitrogens with one attached hydrogen (secondary N) is 2. The van der Waals surface area contributed by atoms with Crippen molar-refractivity contribution in [1.82, 2.24) is 5.43 Å². The Bertz CT molecular complexity index is 893. The number of hydrogen-bond donors (Lipinski definition) is 2. The third kappa shape index (κ3) is 4.77. The van der Waals surface area contributed by atoms with Crippen LogP contribution >= 0.6 is 11.6 Å². The maximum absolute atomic E-state index is 13.0. The number of halogens is 1. The first kappa shape index (κ1) is 22.4. The Hall–Kier alpha value is -2.86. The Morgan fingerprint density at radius 3 is 2.31 bits per heavy atom. The minimum atomic E-state index is -1.29. The molecule has 7 heteroatoms. The predicted octanol–water partition coefficient (Wildman–Crippen LogP) is 4.23. The van der Waals surface area contributed by atoms with Gasteiger partial charge in [-0.15, -0.1) is 0 Å². The topological polar surface area (TPSA) is 79.8 Å². The van der Waals surface area contributed by atoms with Crippen LogP contribution in [0.2, 0.25) is 5.02 Å². The highest BCUT2D eigenvalue weighted by atomic mass is 35.5. The first-order valence-electron chi connectivity index (χ1n) is 9.43. The number of amides is 1. The van der Waals surface area contributed by atoms with E-state index in [0.717, 1.165) is 16.8 Å². The Labute approximate surface area is 176 Å². The summed E-state index contributed by atoms with van der Waals surface area (Å²) in [5, 5.41) is 8.06. The van der Waals surface area contributed by atoms with Gasteiger partial charge in [-0.2, -0.15) is 5.10 Å². The van der Waals surface area contributed by atoms with Gasteiger partial charge in [-0.1, -0.05) is 55.8 Å². The van der Waals surface area contributed by atoms with Crippen LogP contribution in [-0.4, -0.2) is 31.7 Å². The van der Waals surface area contributed by atoms with E-state index in [1.165, 1.54) is 7.11 Å². The zero-order valence-electron chi connectivity index (χ0n) is 17.1. The van der Waals surface area contributed by atoms with Gasteiger partial charge in [0.15, 0.2) is 0 Å². The molecule has 0 saturated carbocycles. The zero-order chi connectivity index (χ0) is 21.4. The third-order valence-electron chi connectivity index (χ3n) is 5.04. The fraction of sp³-hybridized carbons (Fsp3) is 0.318. The van der Waals surface area contributed by atoms with Gasteiger partial charge in [0.1, 0.15) is 5.41 Å². The van der Waals surface area contributed by atoms with E-state index in [1.807, 2.05) is 36.4 Å². The summed E-state index contributed by atoms with van der Waals surface area (Å²) in [5.41, 5.74) is 4.14. The molecule has 0 aromatic heterocycles. The SMILES string of the molecule is CCC(CC)(C(=O)N/N=C(\c1ccccc1)c1cc(Cl)ccc1NC)C(=O)OC. The van der Waals surface area contributed by atoms with Crippen molar-refractivity contribution in [3.63, 3.8) is 0 Å². The monoisotopic (exact) mass is 415 g/mol. The molecule has 2 rings (SSSR count). The van der Waals surface area contributed by atoms with E-state index in [1.54, 1.807) is 33.0 Å². The lowest BCUT2D eigenvalue weighted by Crippen LogP contribution is -2.45. The molecule has 2 aromatic carbocycles. The van der Waals surface area contributed by atoms with Gasteiger partial charge in [-0.25, -0.2) is 5.43 Å². The van der Waals surface area contributed by atoms with E-state index >= 15 is 0 Å². The van der Waals surface area contributed by atoms with Crippen molar-refractivity contribution < 1.29 is 14.3 Å². The lowest BCUT2D eigenvalue weighted by Gasteiger charge is -2.26. The predicted molar refractivity (Wildman–Crippen MR) is 116 cm³/mol. The summed E-state index contributed by atoms with van der Waals surface area (Å²) in [6.45, 7) is 3.55. The molecule has 1 amide bonds. The number of hydrogen-bond acceptors (Lipinski definition) is 5. The van der Waals surface area contributed by atoms with E-state index in [0.29, 0.717) is 23.6 Å². The van der Waals surface area contributed by atoms with Crippen LogP contribution in [0.1, 0.15) is 37.8 Å². The number of methoxy groups -OCH3 is 1. The van der Waals surface area contributed by atoms with Crippen molar-refractivity contribution in [1.29, 1.82) is 0 Å². The lowest BCUT2D eigenvalue weighted by atomic mass is 9.81. The molecular formula is C22H26ClN3O3. The van der Waals surface area contributed by atoms with E-state index in [-0.39, 0.29) is 0 Å². The molecule has 29 heavy (non-hydrogen) atoms. The van der Waals surface area contributed by atoms with Crippen molar-refractivity contribution >= 4 is 34.9 Å². The molecule has 0 aliphatic carbocycles. The molecule has 0 fully saturated rings. The van der Waals surface area contributed by atoms with Gasteiger partial charge < -0.3 is 10.1 Å². The highest BCUT2D eigenvalue weighted by Gasteiger charge is 2.44. The molecule has 0 bridgehead atoms. The molecule has 0 atom stereocenters. The molecule has 0 saturated heterocycles. The number of rotatable bonds is 8. The van der Waals surface area contributed by atoms with Gasteiger partial charge in [0.25, 0.3) is 5.91 Å². The van der Waals surface area contributed by atoms with Crippen molar-refractivity contribution in [2.24, 2.45) is 10.5 Å². The summed E-state index contributed by atoms with van der Waals surface area (Å²) in [5.74, 6) is -1.08. The van der Waals surface area contributed by atoms with Gasteiger partial charge >= 0.3 is 5.97 Å². The Morgan fingerprint density at radius 2 is 1.76 bits per heavy atom. The summed E-state index contributed by atoms with van der Waals surface area (Å²) >= 11 is 6.21. The number of esters is 1. The highest BCUT2D eigenvalue weighted by Crippen LogP contribution is 2.29. The average Bonchev–Trinajstić information content (AvgIpc) is 2.75. The molecule has 0 spiro atoms. The number of ether oxygens (including phenoxy) is 1. The number of anilines is 1. The van der Waals surface area contributed by atoms with Crippen LogP contribution in [0.4, 0.5) is 5.69 Å². The van der Waals surface area contributed by atoms with Gasteiger partial charge in [0, 0.05) is 28.9 Å². The van der Waals surface area contributed by atoms with E-state index < -0.39 is 17.3 Å². The second kappa shape index (κ2) is 10.1. The van der Waals surface area contributed by atoms with Crippen LogP contribution in [0, 0.1) is 5.41 Å². The van der Waals surface area contributed by atoms with Crippen LogP contribution in [0.5, 0.6) is 0 Å². The van der Waals surface area contributed by atoms with Crippen molar-refractivity contribution in [3.05, 3.63) is 64.7 Å². The second-order valence-electron chi connectivity index (χ2n) is 6.49. The molecule has 0 aliphatic rings. The fourth-order valence-corrected chi connectivity index (χ4v) is 3.34. The van der Waals surface area contributed by atoms with Gasteiger partial charge in [0.05, 0.1) is 12.8 Å². The van der Waals surface area contributed by atoms with E-state index in [9.17, 15) is 9.59 Å². The van der Waals surface area contributed by atoms with E-state index in [4.69, 9.17) is 16.3 Å². The molecule has 0 radical (unpaired) electrons. The van der Waals surface area contributed by atoms with Crippen LogP contribution in [0.15, 0.2) is 53.6 Å².